The highest BCUT2D eigenvalue weighted by Crippen LogP contribution is 2.27. The van der Waals surface area contributed by atoms with Crippen LogP contribution in [0.5, 0.6) is 0 Å². The summed E-state index contributed by atoms with van der Waals surface area (Å²) in [5.41, 5.74) is 6.19. The van der Waals surface area contributed by atoms with E-state index in [4.69, 9.17) is 0 Å². The normalized spacial score (nSPS) is 13.3. The van der Waals surface area contributed by atoms with Gasteiger partial charge in [-0.1, -0.05) is 23.8 Å². The van der Waals surface area contributed by atoms with Crippen LogP contribution < -0.4 is 10.2 Å². The zero-order valence-corrected chi connectivity index (χ0v) is 15.1. The molecule has 0 unspecified atom stereocenters. The van der Waals surface area contributed by atoms with Gasteiger partial charge in [0.1, 0.15) is 0 Å². The SMILES string of the molecule is Cc1ccc2c(c1)CCCN2C(=O)CNC(=O)c1ccc(C)c(C)c1. The minimum Gasteiger partial charge on any atom is -0.343 e. The van der Waals surface area contributed by atoms with Gasteiger partial charge in [0.2, 0.25) is 5.91 Å². The Balaban J connectivity index is 1.67. The fourth-order valence-electron chi connectivity index (χ4n) is 3.22. The Morgan fingerprint density at radius 1 is 1.04 bits per heavy atom. The summed E-state index contributed by atoms with van der Waals surface area (Å²) in [4.78, 5) is 26.7. The maximum Gasteiger partial charge on any atom is 0.251 e. The van der Waals surface area contributed by atoms with E-state index in [1.165, 1.54) is 11.1 Å². The second-order valence-corrected chi connectivity index (χ2v) is 6.76. The first-order valence-electron chi connectivity index (χ1n) is 8.71. The number of hydrogen-bond acceptors (Lipinski definition) is 2. The Labute approximate surface area is 148 Å². The molecule has 2 amide bonds. The Morgan fingerprint density at radius 2 is 1.84 bits per heavy atom. The molecular formula is C21H24N2O2. The second kappa shape index (κ2) is 7.09. The van der Waals surface area contributed by atoms with Crippen LogP contribution in [-0.2, 0) is 11.2 Å². The lowest BCUT2D eigenvalue weighted by Crippen LogP contribution is -2.42. The predicted octanol–water partition coefficient (Wildman–Crippen LogP) is 3.32. The zero-order chi connectivity index (χ0) is 18.0. The van der Waals surface area contributed by atoms with Gasteiger partial charge in [-0.3, -0.25) is 9.59 Å². The number of carbonyl (C=O) groups excluding carboxylic acids is 2. The third-order valence-corrected chi connectivity index (χ3v) is 4.82. The number of aryl methyl sites for hydroxylation is 4. The molecule has 4 nitrogen and oxygen atoms in total. The van der Waals surface area contributed by atoms with Crippen molar-refractivity contribution in [1.29, 1.82) is 0 Å². The summed E-state index contributed by atoms with van der Waals surface area (Å²) < 4.78 is 0. The molecule has 130 valence electrons. The second-order valence-electron chi connectivity index (χ2n) is 6.76. The molecule has 0 saturated carbocycles. The van der Waals surface area contributed by atoms with Crippen LogP contribution in [0.3, 0.4) is 0 Å². The van der Waals surface area contributed by atoms with Crippen molar-refractivity contribution < 1.29 is 9.59 Å². The molecule has 4 heteroatoms. The molecule has 0 bridgehead atoms. The average molecular weight is 336 g/mol. The first kappa shape index (κ1) is 17.2. The first-order chi connectivity index (χ1) is 12.0. The zero-order valence-electron chi connectivity index (χ0n) is 15.1. The average Bonchev–Trinajstić information content (AvgIpc) is 2.60. The third kappa shape index (κ3) is 3.73. The molecule has 0 spiro atoms. The van der Waals surface area contributed by atoms with Crippen LogP contribution >= 0.6 is 0 Å². The van der Waals surface area contributed by atoms with E-state index in [0.717, 1.165) is 29.7 Å². The summed E-state index contributed by atoms with van der Waals surface area (Å²) in [5, 5.41) is 2.75. The number of amides is 2. The molecule has 0 saturated heterocycles. The van der Waals surface area contributed by atoms with Crippen molar-refractivity contribution in [1.82, 2.24) is 5.32 Å². The van der Waals surface area contributed by atoms with Gasteiger partial charge in [-0.05, 0) is 68.5 Å². The van der Waals surface area contributed by atoms with Gasteiger partial charge < -0.3 is 10.2 Å². The fourth-order valence-corrected chi connectivity index (χ4v) is 3.22. The van der Waals surface area contributed by atoms with Crippen molar-refractivity contribution >= 4 is 17.5 Å². The van der Waals surface area contributed by atoms with Crippen molar-refractivity contribution in [3.63, 3.8) is 0 Å². The van der Waals surface area contributed by atoms with Gasteiger partial charge in [0, 0.05) is 17.8 Å². The molecule has 25 heavy (non-hydrogen) atoms. The fraction of sp³-hybridized carbons (Fsp3) is 0.333. The van der Waals surface area contributed by atoms with E-state index in [1.54, 1.807) is 11.0 Å². The van der Waals surface area contributed by atoms with Crippen molar-refractivity contribution in [3.05, 3.63) is 64.2 Å². The van der Waals surface area contributed by atoms with Crippen molar-refractivity contribution in [2.75, 3.05) is 18.0 Å². The predicted molar refractivity (Wildman–Crippen MR) is 100 cm³/mol. The van der Waals surface area contributed by atoms with Gasteiger partial charge >= 0.3 is 0 Å². The van der Waals surface area contributed by atoms with Gasteiger partial charge in [-0.25, -0.2) is 0 Å². The molecule has 1 heterocycles. The number of carbonyl (C=O) groups is 2. The van der Waals surface area contributed by atoms with Gasteiger partial charge in [-0.2, -0.15) is 0 Å². The maximum atomic E-state index is 12.6. The minimum absolute atomic E-state index is 0.0130. The molecule has 0 aliphatic carbocycles. The van der Waals surface area contributed by atoms with Crippen LogP contribution in [0.15, 0.2) is 36.4 Å². The van der Waals surface area contributed by atoms with Crippen LogP contribution in [-0.4, -0.2) is 24.9 Å². The molecule has 0 radical (unpaired) electrons. The summed E-state index contributed by atoms with van der Waals surface area (Å²) in [6.45, 7) is 6.76. The van der Waals surface area contributed by atoms with Crippen LogP contribution in [0.2, 0.25) is 0 Å². The molecule has 0 atom stereocenters. The summed E-state index contributed by atoms with van der Waals surface area (Å²) in [5.74, 6) is -0.278. The number of benzene rings is 2. The van der Waals surface area contributed by atoms with Crippen molar-refractivity contribution in [3.8, 4) is 0 Å². The number of nitrogens with zero attached hydrogens (tertiary/aromatic N) is 1. The van der Waals surface area contributed by atoms with E-state index in [2.05, 4.69) is 18.3 Å². The van der Waals surface area contributed by atoms with Crippen molar-refractivity contribution in [2.24, 2.45) is 0 Å². The lowest BCUT2D eigenvalue weighted by molar-refractivity contribution is -0.117. The molecule has 0 fully saturated rings. The topological polar surface area (TPSA) is 49.4 Å². The van der Waals surface area contributed by atoms with E-state index in [9.17, 15) is 9.59 Å². The number of nitrogens with one attached hydrogen (secondary N) is 1. The van der Waals surface area contributed by atoms with E-state index in [1.807, 2.05) is 38.1 Å². The number of fused-ring (bicyclic) bond motifs is 1. The van der Waals surface area contributed by atoms with Crippen LogP contribution in [0.1, 0.15) is 39.0 Å². The molecule has 1 N–H and O–H groups in total. The van der Waals surface area contributed by atoms with E-state index in [0.29, 0.717) is 12.1 Å². The van der Waals surface area contributed by atoms with Crippen LogP contribution in [0.25, 0.3) is 0 Å². The Kier molecular flexibility index (Phi) is 4.88. The lowest BCUT2D eigenvalue weighted by atomic mass is 9.99. The standard InChI is InChI=1S/C21H24N2O2/c1-14-6-9-19-17(11-14)5-4-10-23(19)20(24)13-22-21(25)18-8-7-15(2)16(3)12-18/h6-9,11-12H,4-5,10,13H2,1-3H3,(H,22,25). The van der Waals surface area contributed by atoms with Gasteiger partial charge in [0.15, 0.2) is 0 Å². The van der Waals surface area contributed by atoms with E-state index < -0.39 is 0 Å². The molecule has 1 aliphatic rings. The Bertz CT molecular complexity index is 827. The van der Waals surface area contributed by atoms with Crippen LogP contribution in [0, 0.1) is 20.8 Å². The highest BCUT2D eigenvalue weighted by molar-refractivity contribution is 6.01. The Hall–Kier alpha value is -2.62. The molecule has 0 aromatic heterocycles. The van der Waals surface area contributed by atoms with Gasteiger partial charge in [0.25, 0.3) is 5.91 Å². The summed E-state index contributed by atoms with van der Waals surface area (Å²) in [6, 6.07) is 11.7. The summed E-state index contributed by atoms with van der Waals surface area (Å²) in [6.07, 6.45) is 1.95. The minimum atomic E-state index is -0.211. The quantitative estimate of drug-likeness (QED) is 0.935. The molecule has 1 aliphatic heterocycles. The maximum absolute atomic E-state index is 12.6. The third-order valence-electron chi connectivity index (χ3n) is 4.82. The first-order valence-corrected chi connectivity index (χ1v) is 8.71. The lowest BCUT2D eigenvalue weighted by Gasteiger charge is -2.30. The van der Waals surface area contributed by atoms with Crippen LogP contribution in [0.4, 0.5) is 5.69 Å². The smallest absolute Gasteiger partial charge is 0.251 e. The number of anilines is 1. The Morgan fingerprint density at radius 3 is 2.60 bits per heavy atom. The molecule has 3 rings (SSSR count). The van der Waals surface area contributed by atoms with E-state index in [-0.39, 0.29) is 18.4 Å². The summed E-state index contributed by atoms with van der Waals surface area (Å²) >= 11 is 0. The molecule has 2 aromatic carbocycles. The largest absolute Gasteiger partial charge is 0.343 e. The number of rotatable bonds is 3. The summed E-state index contributed by atoms with van der Waals surface area (Å²) in [7, 11) is 0. The van der Waals surface area contributed by atoms with Gasteiger partial charge in [0.05, 0.1) is 6.54 Å². The van der Waals surface area contributed by atoms with Gasteiger partial charge in [-0.15, -0.1) is 0 Å². The monoisotopic (exact) mass is 336 g/mol. The highest BCUT2D eigenvalue weighted by Gasteiger charge is 2.22. The highest BCUT2D eigenvalue weighted by atomic mass is 16.2. The number of hydrogen-bond donors (Lipinski definition) is 1. The van der Waals surface area contributed by atoms with E-state index >= 15 is 0 Å². The molecule has 2 aromatic rings. The van der Waals surface area contributed by atoms with Crippen molar-refractivity contribution in [2.45, 2.75) is 33.6 Å². The molecular weight excluding hydrogens is 312 g/mol.